The Morgan fingerprint density at radius 3 is 2.92 bits per heavy atom. The number of benzene rings is 1. The van der Waals surface area contributed by atoms with Crippen LogP contribution in [0.3, 0.4) is 0 Å². The Balaban J connectivity index is 1.42. The van der Waals surface area contributed by atoms with Crippen molar-refractivity contribution in [1.82, 2.24) is 19.3 Å². The van der Waals surface area contributed by atoms with Crippen LogP contribution in [0.15, 0.2) is 67.1 Å². The van der Waals surface area contributed by atoms with E-state index in [-0.39, 0.29) is 5.91 Å². The first-order valence-electron chi connectivity index (χ1n) is 8.70. The number of aromatic nitrogens is 3. The number of imidazole rings is 1. The zero-order valence-electron chi connectivity index (χ0n) is 14.7. The Labute approximate surface area is 151 Å². The van der Waals surface area contributed by atoms with Crippen LogP contribution < -0.4 is 0 Å². The van der Waals surface area contributed by atoms with Crippen molar-refractivity contribution in [3.63, 3.8) is 0 Å². The van der Waals surface area contributed by atoms with E-state index in [1.165, 1.54) is 0 Å². The fourth-order valence-corrected chi connectivity index (χ4v) is 3.18. The van der Waals surface area contributed by atoms with Gasteiger partial charge in [-0.25, -0.2) is 4.98 Å². The molecule has 1 amide bonds. The van der Waals surface area contributed by atoms with Crippen LogP contribution in [-0.2, 0) is 17.8 Å². The molecule has 0 fully saturated rings. The second-order valence-electron chi connectivity index (χ2n) is 6.44. The number of nitrogens with zero attached hydrogens (tertiary/aromatic N) is 4. The van der Waals surface area contributed by atoms with Crippen molar-refractivity contribution in [3.05, 3.63) is 78.4 Å². The van der Waals surface area contributed by atoms with Crippen molar-refractivity contribution in [3.8, 4) is 0 Å². The van der Waals surface area contributed by atoms with E-state index in [2.05, 4.69) is 16.0 Å². The summed E-state index contributed by atoms with van der Waals surface area (Å²) in [7, 11) is 1.85. The van der Waals surface area contributed by atoms with Crippen molar-refractivity contribution in [2.75, 3.05) is 7.05 Å². The molecule has 0 aliphatic carbocycles. The van der Waals surface area contributed by atoms with E-state index >= 15 is 0 Å². The van der Waals surface area contributed by atoms with E-state index in [1.807, 2.05) is 66.3 Å². The molecule has 3 heterocycles. The normalized spacial score (nSPS) is 11.1. The molecule has 0 N–H and O–H groups in total. The molecule has 5 heteroatoms. The van der Waals surface area contributed by atoms with Gasteiger partial charge in [0.1, 0.15) is 5.65 Å². The van der Waals surface area contributed by atoms with E-state index in [4.69, 9.17) is 0 Å². The van der Waals surface area contributed by atoms with Gasteiger partial charge in [0.05, 0.1) is 11.2 Å². The molecule has 1 aromatic carbocycles. The lowest BCUT2D eigenvalue weighted by molar-refractivity contribution is -0.130. The largest absolute Gasteiger partial charge is 0.341 e. The van der Waals surface area contributed by atoms with Crippen molar-refractivity contribution in [1.29, 1.82) is 0 Å². The van der Waals surface area contributed by atoms with Crippen LogP contribution in [0, 0.1) is 0 Å². The van der Waals surface area contributed by atoms with Gasteiger partial charge in [-0.1, -0.05) is 24.3 Å². The zero-order chi connectivity index (χ0) is 17.9. The molecule has 4 aromatic rings. The summed E-state index contributed by atoms with van der Waals surface area (Å²) in [5, 5.41) is 1.09. The molecule has 5 nitrogen and oxygen atoms in total. The van der Waals surface area contributed by atoms with Crippen molar-refractivity contribution >= 4 is 22.5 Å². The highest BCUT2D eigenvalue weighted by Crippen LogP contribution is 2.18. The second kappa shape index (κ2) is 6.96. The minimum atomic E-state index is 0.114. The van der Waals surface area contributed by atoms with Crippen LogP contribution in [0.4, 0.5) is 0 Å². The number of hydrogen-bond acceptors (Lipinski definition) is 3. The lowest BCUT2D eigenvalue weighted by Crippen LogP contribution is -2.26. The van der Waals surface area contributed by atoms with Gasteiger partial charge in [-0.05, 0) is 36.2 Å². The zero-order valence-corrected chi connectivity index (χ0v) is 14.7. The molecule has 0 radical (unpaired) electrons. The molecule has 4 rings (SSSR count). The SMILES string of the molecule is CN(Cc1cccc2ncccc12)C(=O)CCc1cn2ccccc2n1. The quantitative estimate of drug-likeness (QED) is 0.557. The number of carbonyl (C=O) groups excluding carboxylic acids is 1. The second-order valence-corrected chi connectivity index (χ2v) is 6.44. The van der Waals surface area contributed by atoms with Gasteiger partial charge in [0.15, 0.2) is 0 Å². The van der Waals surface area contributed by atoms with Gasteiger partial charge in [-0.15, -0.1) is 0 Å². The summed E-state index contributed by atoms with van der Waals surface area (Å²) in [6, 6.07) is 15.9. The van der Waals surface area contributed by atoms with Crippen LogP contribution in [0.25, 0.3) is 16.6 Å². The lowest BCUT2D eigenvalue weighted by atomic mass is 10.1. The Morgan fingerprint density at radius 1 is 1.12 bits per heavy atom. The first-order valence-corrected chi connectivity index (χ1v) is 8.70. The molecule has 0 aliphatic heterocycles. The van der Waals surface area contributed by atoms with Gasteiger partial charge < -0.3 is 9.30 Å². The minimum Gasteiger partial charge on any atom is -0.341 e. The van der Waals surface area contributed by atoms with Gasteiger partial charge in [-0.3, -0.25) is 9.78 Å². The summed E-state index contributed by atoms with van der Waals surface area (Å²) in [5.41, 5.74) is 3.91. The maximum atomic E-state index is 12.5. The summed E-state index contributed by atoms with van der Waals surface area (Å²) >= 11 is 0. The number of rotatable bonds is 5. The van der Waals surface area contributed by atoms with E-state index < -0.39 is 0 Å². The molecule has 0 unspecified atom stereocenters. The molecule has 0 saturated carbocycles. The third-order valence-electron chi connectivity index (χ3n) is 4.58. The number of pyridine rings is 2. The number of fused-ring (bicyclic) bond motifs is 2. The average Bonchev–Trinajstić information content (AvgIpc) is 3.09. The van der Waals surface area contributed by atoms with Crippen LogP contribution in [-0.4, -0.2) is 32.2 Å². The Bertz CT molecular complexity index is 1030. The molecule has 26 heavy (non-hydrogen) atoms. The molecular weight excluding hydrogens is 324 g/mol. The van der Waals surface area contributed by atoms with Gasteiger partial charge in [0.2, 0.25) is 5.91 Å². The first kappa shape index (κ1) is 16.3. The third kappa shape index (κ3) is 3.28. The smallest absolute Gasteiger partial charge is 0.223 e. The maximum Gasteiger partial charge on any atom is 0.223 e. The summed E-state index contributed by atoms with van der Waals surface area (Å²) in [4.78, 5) is 23.3. The topological polar surface area (TPSA) is 50.5 Å². The van der Waals surface area contributed by atoms with Crippen LogP contribution >= 0.6 is 0 Å². The number of hydrogen-bond donors (Lipinski definition) is 0. The summed E-state index contributed by atoms with van der Waals surface area (Å²) in [5.74, 6) is 0.114. The highest BCUT2D eigenvalue weighted by Gasteiger charge is 2.12. The van der Waals surface area contributed by atoms with E-state index in [0.717, 1.165) is 27.8 Å². The molecule has 0 spiro atoms. The molecule has 0 saturated heterocycles. The van der Waals surface area contributed by atoms with Crippen LogP contribution in [0.2, 0.25) is 0 Å². The Kier molecular flexibility index (Phi) is 4.35. The van der Waals surface area contributed by atoms with E-state index in [0.29, 0.717) is 19.4 Å². The maximum absolute atomic E-state index is 12.5. The summed E-state index contributed by atoms with van der Waals surface area (Å²) in [6.07, 6.45) is 6.83. The fourth-order valence-electron chi connectivity index (χ4n) is 3.18. The van der Waals surface area contributed by atoms with Gasteiger partial charge in [0, 0.05) is 44.0 Å². The van der Waals surface area contributed by atoms with Crippen LogP contribution in [0.5, 0.6) is 0 Å². The number of carbonyl (C=O) groups is 1. The summed E-state index contributed by atoms with van der Waals surface area (Å²) in [6.45, 7) is 0.576. The molecule has 130 valence electrons. The molecule has 0 bridgehead atoms. The predicted molar refractivity (Wildman–Crippen MR) is 102 cm³/mol. The van der Waals surface area contributed by atoms with Gasteiger partial charge in [-0.2, -0.15) is 0 Å². The average molecular weight is 344 g/mol. The van der Waals surface area contributed by atoms with Gasteiger partial charge in [0.25, 0.3) is 0 Å². The number of aryl methyl sites for hydroxylation is 1. The highest BCUT2D eigenvalue weighted by atomic mass is 16.2. The van der Waals surface area contributed by atoms with E-state index in [9.17, 15) is 4.79 Å². The lowest BCUT2D eigenvalue weighted by Gasteiger charge is -2.18. The summed E-state index contributed by atoms with van der Waals surface area (Å²) < 4.78 is 1.98. The molecule has 0 aliphatic rings. The molecule has 3 aromatic heterocycles. The van der Waals surface area contributed by atoms with Crippen molar-refractivity contribution < 1.29 is 4.79 Å². The minimum absolute atomic E-state index is 0.114. The first-order chi connectivity index (χ1) is 12.7. The van der Waals surface area contributed by atoms with Crippen LogP contribution in [0.1, 0.15) is 17.7 Å². The molecule has 0 atom stereocenters. The van der Waals surface area contributed by atoms with Crippen molar-refractivity contribution in [2.24, 2.45) is 0 Å². The highest BCUT2D eigenvalue weighted by molar-refractivity contribution is 5.83. The monoisotopic (exact) mass is 344 g/mol. The standard InChI is InChI=1S/C21H20N4O/c1-24(14-16-6-4-8-19-18(16)7-5-12-22-19)21(26)11-10-17-15-25-13-3-2-9-20(25)23-17/h2-9,12-13,15H,10-11,14H2,1H3. The molecular formula is C21H20N4O. The van der Waals surface area contributed by atoms with Gasteiger partial charge >= 0.3 is 0 Å². The fraction of sp³-hybridized carbons (Fsp3) is 0.190. The third-order valence-corrected chi connectivity index (χ3v) is 4.58. The Morgan fingerprint density at radius 2 is 2.04 bits per heavy atom. The van der Waals surface area contributed by atoms with E-state index in [1.54, 1.807) is 11.1 Å². The Hall–Kier alpha value is -3.21. The predicted octanol–water partition coefficient (Wildman–Crippen LogP) is 3.47. The van der Waals surface area contributed by atoms with Crippen molar-refractivity contribution in [2.45, 2.75) is 19.4 Å². The number of amides is 1.